The molecular weight excluding hydrogens is 288 g/mol. The minimum absolute atomic E-state index is 0.468. The van der Waals surface area contributed by atoms with Gasteiger partial charge in [-0.15, -0.1) is 11.3 Å². The maximum atomic E-state index is 10.1. The molecule has 0 aliphatic heterocycles. The predicted molar refractivity (Wildman–Crippen MR) is 68.6 cm³/mol. The fraction of sp³-hybridized carbons (Fsp3) is 0.364. The molecule has 0 aliphatic rings. The molecule has 2 aromatic rings. The molecule has 0 saturated carbocycles. The fourth-order valence-corrected chi connectivity index (χ4v) is 3.08. The number of hydrogen-bond donors (Lipinski definition) is 1. The molecular formula is C11H13BrN2OS. The average molecular weight is 301 g/mol. The molecule has 0 fully saturated rings. The van der Waals surface area contributed by atoms with E-state index in [1.165, 1.54) is 5.56 Å². The molecule has 2 rings (SSSR count). The molecule has 3 nitrogen and oxygen atoms in total. The molecule has 1 atom stereocenters. The van der Waals surface area contributed by atoms with Gasteiger partial charge in [-0.2, -0.15) is 5.10 Å². The van der Waals surface area contributed by atoms with Gasteiger partial charge in [0.2, 0.25) is 0 Å². The van der Waals surface area contributed by atoms with Crippen molar-refractivity contribution in [1.82, 2.24) is 9.78 Å². The Morgan fingerprint density at radius 3 is 2.88 bits per heavy atom. The van der Waals surface area contributed by atoms with Crippen LogP contribution in [0.5, 0.6) is 0 Å². The highest BCUT2D eigenvalue weighted by Gasteiger charge is 2.14. The Bertz CT molecular complexity index is 472. The lowest BCUT2D eigenvalue weighted by Crippen LogP contribution is -2.01. The number of aliphatic hydroxyl groups is 1. The SMILES string of the molecule is Cc1cc(C(O)Cc2ccn(C)n2)sc1Br. The van der Waals surface area contributed by atoms with Crippen LogP contribution in [0.15, 0.2) is 22.1 Å². The Morgan fingerprint density at radius 2 is 2.38 bits per heavy atom. The molecule has 1 unspecified atom stereocenters. The van der Waals surface area contributed by atoms with Gasteiger partial charge in [0, 0.05) is 24.5 Å². The van der Waals surface area contributed by atoms with Gasteiger partial charge < -0.3 is 5.11 Å². The zero-order chi connectivity index (χ0) is 11.7. The van der Waals surface area contributed by atoms with Gasteiger partial charge in [-0.25, -0.2) is 0 Å². The third kappa shape index (κ3) is 2.53. The van der Waals surface area contributed by atoms with Crippen molar-refractivity contribution in [2.75, 3.05) is 0 Å². The number of thiophene rings is 1. The number of nitrogens with zero attached hydrogens (tertiary/aromatic N) is 2. The van der Waals surface area contributed by atoms with Crippen LogP contribution in [0.1, 0.15) is 22.2 Å². The standard InChI is InChI=1S/C11H13BrN2OS/c1-7-5-10(16-11(7)12)9(15)6-8-3-4-14(2)13-8/h3-5,9,15H,6H2,1-2H3. The first-order valence-electron chi connectivity index (χ1n) is 4.98. The highest BCUT2D eigenvalue weighted by Crippen LogP contribution is 2.32. The average Bonchev–Trinajstić information content (AvgIpc) is 2.75. The monoisotopic (exact) mass is 300 g/mol. The highest BCUT2D eigenvalue weighted by molar-refractivity contribution is 9.11. The molecule has 0 bridgehead atoms. The minimum atomic E-state index is -0.468. The van der Waals surface area contributed by atoms with E-state index in [1.807, 2.05) is 32.3 Å². The topological polar surface area (TPSA) is 38.0 Å². The molecule has 1 N–H and O–H groups in total. The third-order valence-corrected chi connectivity index (χ3v) is 4.61. The normalized spacial score (nSPS) is 13.0. The Hall–Kier alpha value is -0.650. The van der Waals surface area contributed by atoms with Crippen LogP contribution in [-0.2, 0) is 13.5 Å². The van der Waals surface area contributed by atoms with E-state index in [1.54, 1.807) is 16.0 Å². The molecule has 0 radical (unpaired) electrons. The van der Waals surface area contributed by atoms with Crippen LogP contribution in [0.25, 0.3) is 0 Å². The summed E-state index contributed by atoms with van der Waals surface area (Å²) in [5, 5.41) is 14.3. The van der Waals surface area contributed by atoms with E-state index in [4.69, 9.17) is 0 Å². The van der Waals surface area contributed by atoms with E-state index in [-0.39, 0.29) is 0 Å². The van der Waals surface area contributed by atoms with Crippen molar-refractivity contribution in [2.24, 2.45) is 7.05 Å². The number of aliphatic hydroxyl groups excluding tert-OH is 1. The van der Waals surface area contributed by atoms with Gasteiger partial charge in [0.15, 0.2) is 0 Å². The molecule has 0 saturated heterocycles. The second-order valence-corrected chi connectivity index (χ2v) is 6.21. The van der Waals surface area contributed by atoms with E-state index < -0.39 is 6.10 Å². The Kier molecular flexibility index (Phi) is 3.47. The van der Waals surface area contributed by atoms with E-state index in [2.05, 4.69) is 21.0 Å². The number of aromatic nitrogens is 2. The highest BCUT2D eigenvalue weighted by atomic mass is 79.9. The molecule has 0 amide bonds. The Labute approximate surface area is 107 Å². The van der Waals surface area contributed by atoms with E-state index in [0.717, 1.165) is 14.4 Å². The van der Waals surface area contributed by atoms with E-state index in [0.29, 0.717) is 6.42 Å². The number of aryl methyl sites for hydroxylation is 2. The van der Waals surface area contributed by atoms with Crippen molar-refractivity contribution in [2.45, 2.75) is 19.4 Å². The maximum absolute atomic E-state index is 10.1. The molecule has 2 heterocycles. The summed E-state index contributed by atoms with van der Waals surface area (Å²) < 4.78 is 2.83. The second kappa shape index (κ2) is 4.69. The lowest BCUT2D eigenvalue weighted by Gasteiger charge is -2.05. The molecule has 2 aromatic heterocycles. The molecule has 16 heavy (non-hydrogen) atoms. The maximum Gasteiger partial charge on any atom is 0.0938 e. The third-order valence-electron chi connectivity index (χ3n) is 2.38. The van der Waals surface area contributed by atoms with Crippen LogP contribution < -0.4 is 0 Å². The first-order chi connectivity index (χ1) is 7.56. The summed E-state index contributed by atoms with van der Waals surface area (Å²) in [5.74, 6) is 0. The van der Waals surface area contributed by atoms with Crippen molar-refractivity contribution in [3.05, 3.63) is 38.3 Å². The molecule has 86 valence electrons. The van der Waals surface area contributed by atoms with Crippen molar-refractivity contribution < 1.29 is 5.11 Å². The fourth-order valence-electron chi connectivity index (χ4n) is 1.52. The molecule has 0 spiro atoms. The number of halogens is 1. The zero-order valence-electron chi connectivity index (χ0n) is 9.14. The molecule has 5 heteroatoms. The second-order valence-electron chi connectivity index (χ2n) is 3.81. The van der Waals surface area contributed by atoms with Crippen LogP contribution in [0.2, 0.25) is 0 Å². The summed E-state index contributed by atoms with van der Waals surface area (Å²) in [6.45, 7) is 2.03. The van der Waals surface area contributed by atoms with Crippen LogP contribution >= 0.6 is 27.3 Å². The van der Waals surface area contributed by atoms with Crippen LogP contribution in [-0.4, -0.2) is 14.9 Å². The summed E-state index contributed by atoms with van der Waals surface area (Å²) in [6.07, 6.45) is 1.98. The van der Waals surface area contributed by atoms with Crippen molar-refractivity contribution in [1.29, 1.82) is 0 Å². The summed E-state index contributed by atoms with van der Waals surface area (Å²) >= 11 is 5.04. The van der Waals surface area contributed by atoms with Gasteiger partial charge in [-0.3, -0.25) is 4.68 Å². The summed E-state index contributed by atoms with van der Waals surface area (Å²) in [6, 6.07) is 3.95. The summed E-state index contributed by atoms with van der Waals surface area (Å²) in [5.41, 5.74) is 2.08. The number of rotatable bonds is 3. The van der Waals surface area contributed by atoms with Crippen LogP contribution in [0.3, 0.4) is 0 Å². The summed E-state index contributed by atoms with van der Waals surface area (Å²) in [4.78, 5) is 0.982. The smallest absolute Gasteiger partial charge is 0.0938 e. The lowest BCUT2D eigenvalue weighted by atomic mass is 10.1. The number of hydrogen-bond acceptors (Lipinski definition) is 3. The van der Waals surface area contributed by atoms with Crippen molar-refractivity contribution >= 4 is 27.3 Å². The quantitative estimate of drug-likeness (QED) is 0.946. The molecule has 0 aliphatic carbocycles. The van der Waals surface area contributed by atoms with Gasteiger partial charge >= 0.3 is 0 Å². The zero-order valence-corrected chi connectivity index (χ0v) is 11.5. The molecule has 0 aromatic carbocycles. The van der Waals surface area contributed by atoms with Gasteiger partial charge in [0.05, 0.1) is 15.6 Å². The largest absolute Gasteiger partial charge is 0.387 e. The Morgan fingerprint density at radius 1 is 1.62 bits per heavy atom. The van der Waals surface area contributed by atoms with Crippen molar-refractivity contribution in [3.8, 4) is 0 Å². The van der Waals surface area contributed by atoms with Gasteiger partial charge in [0.25, 0.3) is 0 Å². The minimum Gasteiger partial charge on any atom is -0.387 e. The first-order valence-corrected chi connectivity index (χ1v) is 6.59. The van der Waals surface area contributed by atoms with E-state index >= 15 is 0 Å². The first kappa shape index (κ1) is 11.8. The summed E-state index contributed by atoms with van der Waals surface area (Å²) in [7, 11) is 1.88. The van der Waals surface area contributed by atoms with Crippen molar-refractivity contribution in [3.63, 3.8) is 0 Å². The lowest BCUT2D eigenvalue weighted by molar-refractivity contribution is 0.181. The van der Waals surface area contributed by atoms with Gasteiger partial charge in [0.1, 0.15) is 0 Å². The van der Waals surface area contributed by atoms with Gasteiger partial charge in [-0.05, 0) is 40.5 Å². The van der Waals surface area contributed by atoms with Crippen LogP contribution in [0.4, 0.5) is 0 Å². The van der Waals surface area contributed by atoms with E-state index in [9.17, 15) is 5.11 Å². The van der Waals surface area contributed by atoms with Gasteiger partial charge in [-0.1, -0.05) is 0 Å². The predicted octanol–water partition coefficient (Wildman–Crippen LogP) is 2.83. The Balaban J connectivity index is 2.11. The van der Waals surface area contributed by atoms with Crippen LogP contribution in [0, 0.1) is 6.92 Å².